The van der Waals surface area contributed by atoms with E-state index in [0.29, 0.717) is 22.6 Å². The Morgan fingerprint density at radius 1 is 1.20 bits per heavy atom. The van der Waals surface area contributed by atoms with Gasteiger partial charge in [0.15, 0.2) is 6.10 Å². The molecule has 0 amide bonds. The molecule has 0 aliphatic heterocycles. The number of methoxy groups -OCH3 is 1. The number of benzene rings is 1. The molecule has 0 spiro atoms. The molecule has 2 aromatic rings. The minimum atomic E-state index is -0.844. The maximum atomic E-state index is 12.6. The van der Waals surface area contributed by atoms with E-state index in [1.807, 2.05) is 0 Å². The van der Waals surface area contributed by atoms with Crippen molar-refractivity contribution in [2.75, 3.05) is 7.11 Å². The number of ketones is 1. The number of carbonyl (C=O) groups excluding carboxylic acids is 2. The Kier molecular flexibility index (Phi) is 5.21. The van der Waals surface area contributed by atoms with Crippen LogP contribution >= 0.6 is 0 Å². The van der Waals surface area contributed by atoms with E-state index in [1.54, 1.807) is 20.8 Å². The molecule has 0 saturated carbocycles. The number of hydrogen-bond acceptors (Lipinski definition) is 6. The summed E-state index contributed by atoms with van der Waals surface area (Å²) < 4.78 is 10.3. The molecule has 1 N–H and O–H groups in total. The van der Waals surface area contributed by atoms with Gasteiger partial charge in [-0.05, 0) is 38.5 Å². The number of nitro groups is 1. The molecule has 132 valence electrons. The molecule has 0 bridgehead atoms. The molecule has 1 aromatic heterocycles. The highest BCUT2D eigenvalue weighted by Gasteiger charge is 2.26. The molecule has 2 rings (SSSR count). The number of nitro benzene ring substituents is 1. The number of non-ortho nitro benzene ring substituents is 1. The minimum absolute atomic E-state index is 0.0649. The number of H-pyrrole nitrogens is 1. The van der Waals surface area contributed by atoms with Crippen LogP contribution in [0.2, 0.25) is 0 Å². The zero-order chi connectivity index (χ0) is 18.7. The highest BCUT2D eigenvalue weighted by Crippen LogP contribution is 2.23. The fourth-order valence-electron chi connectivity index (χ4n) is 2.51. The Bertz CT molecular complexity index is 822. The molecular formula is C17H18N2O6. The van der Waals surface area contributed by atoms with E-state index >= 15 is 0 Å². The Labute approximate surface area is 143 Å². The van der Waals surface area contributed by atoms with Gasteiger partial charge in [0, 0.05) is 17.8 Å². The van der Waals surface area contributed by atoms with E-state index in [0.717, 1.165) is 0 Å². The normalized spacial score (nSPS) is 11.7. The lowest BCUT2D eigenvalue weighted by Crippen LogP contribution is -2.25. The van der Waals surface area contributed by atoms with Gasteiger partial charge in [-0.25, -0.2) is 4.79 Å². The SMILES string of the molecule is COC(=O)c1c(C)[nH]c(C(=O)[C@@H](C)Oc2ccc([N+](=O)[O-])cc2)c1C. The Morgan fingerprint density at radius 2 is 1.80 bits per heavy atom. The van der Waals surface area contributed by atoms with Crippen LogP contribution < -0.4 is 4.74 Å². The fraction of sp³-hybridized carbons (Fsp3) is 0.294. The summed E-state index contributed by atoms with van der Waals surface area (Å²) in [6, 6.07) is 5.45. The number of aryl methyl sites for hydroxylation is 1. The molecule has 0 aliphatic rings. The number of aromatic amines is 1. The number of nitrogens with zero attached hydrogens (tertiary/aromatic N) is 1. The van der Waals surface area contributed by atoms with Gasteiger partial charge in [0.2, 0.25) is 5.78 Å². The lowest BCUT2D eigenvalue weighted by atomic mass is 10.1. The third-order valence-corrected chi connectivity index (χ3v) is 3.80. The van der Waals surface area contributed by atoms with Gasteiger partial charge in [0.05, 0.1) is 23.3 Å². The molecule has 8 heteroatoms. The maximum Gasteiger partial charge on any atom is 0.339 e. The van der Waals surface area contributed by atoms with Crippen LogP contribution in [0.4, 0.5) is 5.69 Å². The number of rotatable bonds is 6. The lowest BCUT2D eigenvalue weighted by Gasteiger charge is -2.13. The third-order valence-electron chi connectivity index (χ3n) is 3.80. The van der Waals surface area contributed by atoms with Crippen molar-refractivity contribution in [2.45, 2.75) is 26.9 Å². The van der Waals surface area contributed by atoms with Crippen LogP contribution in [0.25, 0.3) is 0 Å². The summed E-state index contributed by atoms with van der Waals surface area (Å²) in [5.74, 6) is -0.524. The second kappa shape index (κ2) is 7.16. The van der Waals surface area contributed by atoms with Crippen molar-refractivity contribution in [1.82, 2.24) is 4.98 Å². The first kappa shape index (κ1) is 18.2. The van der Waals surface area contributed by atoms with E-state index in [-0.39, 0.29) is 17.2 Å². The summed E-state index contributed by atoms with van der Waals surface area (Å²) in [5.41, 5.74) is 1.56. The van der Waals surface area contributed by atoms with Gasteiger partial charge in [-0.3, -0.25) is 14.9 Å². The molecule has 0 aliphatic carbocycles. The van der Waals surface area contributed by atoms with Gasteiger partial charge in [-0.15, -0.1) is 0 Å². The van der Waals surface area contributed by atoms with Gasteiger partial charge < -0.3 is 14.5 Å². The summed E-state index contributed by atoms with van der Waals surface area (Å²) in [7, 11) is 1.27. The average molecular weight is 346 g/mol. The minimum Gasteiger partial charge on any atom is -0.483 e. The van der Waals surface area contributed by atoms with Crippen molar-refractivity contribution in [3.05, 3.63) is 56.9 Å². The highest BCUT2D eigenvalue weighted by atomic mass is 16.6. The predicted molar refractivity (Wildman–Crippen MR) is 89.1 cm³/mol. The van der Waals surface area contributed by atoms with Crippen LogP contribution in [0.15, 0.2) is 24.3 Å². The fourth-order valence-corrected chi connectivity index (χ4v) is 2.51. The molecule has 0 fully saturated rings. The number of aromatic nitrogens is 1. The Morgan fingerprint density at radius 3 is 2.32 bits per heavy atom. The van der Waals surface area contributed by atoms with Gasteiger partial charge in [-0.1, -0.05) is 0 Å². The Hall–Kier alpha value is -3.16. The van der Waals surface area contributed by atoms with Crippen molar-refractivity contribution in [3.63, 3.8) is 0 Å². The summed E-state index contributed by atoms with van der Waals surface area (Å²) >= 11 is 0. The number of nitrogens with one attached hydrogen (secondary N) is 1. The van der Waals surface area contributed by atoms with Gasteiger partial charge in [0.1, 0.15) is 5.75 Å². The van der Waals surface area contributed by atoms with E-state index in [2.05, 4.69) is 4.98 Å². The molecule has 1 atom stereocenters. The standard InChI is InChI=1S/C17H18N2O6/c1-9-14(17(21)24-4)10(2)18-15(9)16(20)11(3)25-13-7-5-12(6-8-13)19(22)23/h5-8,11,18H,1-4H3/t11-/m1/s1. The zero-order valence-electron chi connectivity index (χ0n) is 14.3. The van der Waals surface area contributed by atoms with Crippen LogP contribution in [0.3, 0.4) is 0 Å². The quantitative estimate of drug-likeness (QED) is 0.372. The van der Waals surface area contributed by atoms with E-state index in [1.165, 1.54) is 31.4 Å². The van der Waals surface area contributed by atoms with E-state index in [9.17, 15) is 19.7 Å². The van der Waals surface area contributed by atoms with Gasteiger partial charge in [-0.2, -0.15) is 0 Å². The monoisotopic (exact) mass is 346 g/mol. The van der Waals surface area contributed by atoms with Gasteiger partial charge >= 0.3 is 5.97 Å². The molecule has 8 nitrogen and oxygen atoms in total. The Balaban J connectivity index is 2.20. The number of hydrogen-bond donors (Lipinski definition) is 1. The van der Waals surface area contributed by atoms with Crippen LogP contribution in [-0.4, -0.2) is 34.9 Å². The van der Waals surface area contributed by atoms with Crippen molar-refractivity contribution in [1.29, 1.82) is 0 Å². The number of carbonyl (C=O) groups is 2. The number of ether oxygens (including phenoxy) is 2. The second-order valence-electron chi connectivity index (χ2n) is 5.49. The summed E-state index contributed by atoms with van der Waals surface area (Å²) in [6.07, 6.45) is -0.844. The largest absolute Gasteiger partial charge is 0.483 e. The maximum absolute atomic E-state index is 12.6. The van der Waals surface area contributed by atoms with Gasteiger partial charge in [0.25, 0.3) is 5.69 Å². The predicted octanol–water partition coefficient (Wildman–Crippen LogP) is 2.98. The zero-order valence-corrected chi connectivity index (χ0v) is 14.3. The van der Waals surface area contributed by atoms with Crippen molar-refractivity contribution in [3.8, 4) is 5.75 Å². The van der Waals surface area contributed by atoms with Crippen LogP contribution in [0, 0.1) is 24.0 Å². The number of Topliss-reactive ketones (excluding diaryl/α,β-unsaturated/α-hetero) is 1. The number of esters is 1. The highest BCUT2D eigenvalue weighted by molar-refractivity contribution is 6.03. The second-order valence-corrected chi connectivity index (χ2v) is 5.49. The van der Waals surface area contributed by atoms with Crippen molar-refractivity contribution >= 4 is 17.4 Å². The summed E-state index contributed by atoms with van der Waals surface area (Å²) in [6.45, 7) is 4.90. The molecule has 1 aromatic carbocycles. The summed E-state index contributed by atoms with van der Waals surface area (Å²) in [4.78, 5) is 37.4. The average Bonchev–Trinajstić information content (AvgIpc) is 2.88. The smallest absolute Gasteiger partial charge is 0.339 e. The topological polar surface area (TPSA) is 112 Å². The van der Waals surface area contributed by atoms with Crippen molar-refractivity contribution in [2.24, 2.45) is 0 Å². The lowest BCUT2D eigenvalue weighted by molar-refractivity contribution is -0.384. The van der Waals surface area contributed by atoms with Crippen LogP contribution in [-0.2, 0) is 4.74 Å². The van der Waals surface area contributed by atoms with Crippen molar-refractivity contribution < 1.29 is 24.0 Å². The molecule has 1 heterocycles. The molecule has 25 heavy (non-hydrogen) atoms. The molecular weight excluding hydrogens is 328 g/mol. The van der Waals surface area contributed by atoms with Crippen LogP contribution in [0.5, 0.6) is 5.75 Å². The first-order valence-corrected chi connectivity index (χ1v) is 7.49. The van der Waals surface area contributed by atoms with E-state index < -0.39 is 17.0 Å². The molecule has 0 saturated heterocycles. The first-order chi connectivity index (χ1) is 11.8. The van der Waals surface area contributed by atoms with E-state index in [4.69, 9.17) is 9.47 Å². The molecule has 0 unspecified atom stereocenters. The first-order valence-electron chi connectivity index (χ1n) is 7.49. The summed E-state index contributed by atoms with van der Waals surface area (Å²) in [5, 5.41) is 10.6. The molecule has 0 radical (unpaired) electrons. The third kappa shape index (κ3) is 3.68. The van der Waals surface area contributed by atoms with Crippen LogP contribution in [0.1, 0.15) is 39.0 Å².